The van der Waals surface area contributed by atoms with Crippen molar-refractivity contribution in [3.05, 3.63) is 11.9 Å². The smallest absolute Gasteiger partial charge is 0.134 e. The van der Waals surface area contributed by atoms with Crippen molar-refractivity contribution in [2.45, 2.75) is 26.3 Å². The molecule has 0 radical (unpaired) electrons. The molecule has 0 aliphatic heterocycles. The second kappa shape index (κ2) is 6.69. The fraction of sp³-hybridized carbons (Fsp3) is 0.667. The summed E-state index contributed by atoms with van der Waals surface area (Å²) >= 11 is 1.85. The lowest BCUT2D eigenvalue weighted by molar-refractivity contribution is 0.745. The van der Waals surface area contributed by atoms with Gasteiger partial charge in [-0.05, 0) is 13.2 Å². The van der Waals surface area contributed by atoms with Gasteiger partial charge in [0.1, 0.15) is 17.5 Å². The van der Waals surface area contributed by atoms with Crippen LogP contribution >= 0.6 is 11.8 Å². The van der Waals surface area contributed by atoms with Gasteiger partial charge < -0.3 is 10.2 Å². The normalized spacial score (nSPS) is 12.3. The van der Waals surface area contributed by atoms with Gasteiger partial charge in [-0.2, -0.15) is 11.8 Å². The van der Waals surface area contributed by atoms with Gasteiger partial charge in [-0.25, -0.2) is 9.97 Å². The Bertz CT molecular complexity index is 334. The van der Waals surface area contributed by atoms with Crippen molar-refractivity contribution >= 4 is 23.4 Å². The first-order valence-electron chi connectivity index (χ1n) is 5.89. The molecule has 1 rings (SSSR count). The minimum atomic E-state index is 0.467. The zero-order valence-electron chi connectivity index (χ0n) is 11.3. The van der Waals surface area contributed by atoms with Gasteiger partial charge in [0.25, 0.3) is 0 Å². The number of aryl methyl sites for hydroxylation is 1. The monoisotopic (exact) mass is 254 g/mol. The molecule has 0 aliphatic rings. The first-order chi connectivity index (χ1) is 8.12. The van der Waals surface area contributed by atoms with Crippen molar-refractivity contribution in [3.63, 3.8) is 0 Å². The van der Waals surface area contributed by atoms with E-state index >= 15 is 0 Å². The first kappa shape index (κ1) is 14.1. The van der Waals surface area contributed by atoms with Gasteiger partial charge in [0.05, 0.1) is 0 Å². The summed E-state index contributed by atoms with van der Waals surface area (Å²) in [4.78, 5) is 11.2. The summed E-state index contributed by atoms with van der Waals surface area (Å²) in [6, 6.07) is 2.46. The highest BCUT2D eigenvalue weighted by Gasteiger charge is 2.12. The fourth-order valence-electron chi connectivity index (χ4n) is 1.53. The largest absolute Gasteiger partial charge is 0.373 e. The van der Waals surface area contributed by atoms with E-state index in [0.29, 0.717) is 6.04 Å². The summed E-state index contributed by atoms with van der Waals surface area (Å²) in [5, 5.41) is 3.08. The van der Waals surface area contributed by atoms with E-state index in [2.05, 4.69) is 47.3 Å². The van der Waals surface area contributed by atoms with Gasteiger partial charge in [-0.1, -0.05) is 6.92 Å². The summed E-state index contributed by atoms with van der Waals surface area (Å²) in [6.07, 6.45) is 2.98. The Kier molecular flexibility index (Phi) is 5.55. The zero-order valence-corrected chi connectivity index (χ0v) is 12.1. The van der Waals surface area contributed by atoms with Crippen LogP contribution in [0.2, 0.25) is 0 Å². The van der Waals surface area contributed by atoms with E-state index in [0.717, 1.165) is 29.6 Å². The molecular formula is C12H22N4S. The van der Waals surface area contributed by atoms with Crippen LogP contribution in [0.3, 0.4) is 0 Å². The quantitative estimate of drug-likeness (QED) is 0.843. The standard InChI is InChI=1S/C12H22N4S/c1-6-10-14-11(13-3)7-12(15-10)16(4)9(2)8-17-5/h7,9H,6,8H2,1-5H3,(H,13,14,15). The number of nitrogens with zero attached hydrogens (tertiary/aromatic N) is 3. The predicted octanol–water partition coefficient (Wildman–Crippen LogP) is 2.27. The van der Waals surface area contributed by atoms with Crippen molar-refractivity contribution in [1.82, 2.24) is 9.97 Å². The number of thioether (sulfide) groups is 1. The Morgan fingerprint density at radius 2 is 2.18 bits per heavy atom. The summed E-state index contributed by atoms with van der Waals surface area (Å²) < 4.78 is 0. The highest BCUT2D eigenvalue weighted by atomic mass is 32.2. The molecule has 0 saturated heterocycles. The highest BCUT2D eigenvalue weighted by molar-refractivity contribution is 7.98. The SMILES string of the molecule is CCc1nc(NC)cc(N(C)C(C)CSC)n1. The van der Waals surface area contributed by atoms with Crippen LogP contribution in [0.15, 0.2) is 6.07 Å². The number of aromatic nitrogens is 2. The highest BCUT2D eigenvalue weighted by Crippen LogP contribution is 2.18. The van der Waals surface area contributed by atoms with Crippen LogP contribution in [0, 0.1) is 0 Å². The van der Waals surface area contributed by atoms with Crippen molar-refractivity contribution in [2.24, 2.45) is 0 Å². The summed E-state index contributed by atoms with van der Waals surface area (Å²) in [5.41, 5.74) is 0. The lowest BCUT2D eigenvalue weighted by atomic mass is 10.3. The van der Waals surface area contributed by atoms with Gasteiger partial charge >= 0.3 is 0 Å². The molecule has 0 aliphatic carbocycles. The van der Waals surface area contributed by atoms with Crippen LogP contribution in [-0.4, -0.2) is 42.1 Å². The first-order valence-corrected chi connectivity index (χ1v) is 7.29. The molecule has 0 bridgehead atoms. The Morgan fingerprint density at radius 1 is 1.47 bits per heavy atom. The molecule has 0 saturated carbocycles. The minimum absolute atomic E-state index is 0.467. The third-order valence-electron chi connectivity index (χ3n) is 2.76. The minimum Gasteiger partial charge on any atom is -0.373 e. The van der Waals surface area contributed by atoms with E-state index < -0.39 is 0 Å². The number of anilines is 2. The average molecular weight is 254 g/mol. The molecule has 1 unspecified atom stereocenters. The van der Waals surface area contributed by atoms with E-state index in [1.165, 1.54) is 0 Å². The molecular weight excluding hydrogens is 232 g/mol. The molecule has 1 atom stereocenters. The van der Waals surface area contributed by atoms with Crippen LogP contribution in [0.1, 0.15) is 19.7 Å². The van der Waals surface area contributed by atoms with Gasteiger partial charge in [-0.3, -0.25) is 0 Å². The van der Waals surface area contributed by atoms with Crippen LogP contribution in [0.25, 0.3) is 0 Å². The topological polar surface area (TPSA) is 41.1 Å². The molecule has 0 fully saturated rings. The lowest BCUT2D eigenvalue weighted by Crippen LogP contribution is -2.31. The van der Waals surface area contributed by atoms with Crippen LogP contribution in [-0.2, 0) is 6.42 Å². The van der Waals surface area contributed by atoms with Crippen LogP contribution in [0.5, 0.6) is 0 Å². The van der Waals surface area contributed by atoms with Crippen molar-refractivity contribution in [2.75, 3.05) is 36.3 Å². The Morgan fingerprint density at radius 3 is 2.71 bits per heavy atom. The number of hydrogen-bond acceptors (Lipinski definition) is 5. The predicted molar refractivity (Wildman–Crippen MR) is 77.2 cm³/mol. The van der Waals surface area contributed by atoms with E-state index in [9.17, 15) is 0 Å². The third-order valence-corrected chi connectivity index (χ3v) is 3.58. The maximum atomic E-state index is 4.57. The third kappa shape index (κ3) is 3.77. The molecule has 96 valence electrons. The van der Waals surface area contributed by atoms with Crippen molar-refractivity contribution in [3.8, 4) is 0 Å². The van der Waals surface area contributed by atoms with E-state index in [1.54, 1.807) is 0 Å². The molecule has 5 heteroatoms. The maximum Gasteiger partial charge on any atom is 0.134 e. The molecule has 0 amide bonds. The molecule has 0 aromatic carbocycles. The average Bonchev–Trinajstić information content (AvgIpc) is 2.37. The summed E-state index contributed by atoms with van der Waals surface area (Å²) in [5.74, 6) is 3.85. The van der Waals surface area contributed by atoms with E-state index in [-0.39, 0.29) is 0 Å². The Balaban J connectivity index is 2.95. The van der Waals surface area contributed by atoms with Gasteiger partial charge in [0, 0.05) is 38.4 Å². The summed E-state index contributed by atoms with van der Waals surface area (Å²) in [7, 11) is 3.97. The van der Waals surface area contributed by atoms with Crippen molar-refractivity contribution in [1.29, 1.82) is 0 Å². The van der Waals surface area contributed by atoms with Gasteiger partial charge in [0.2, 0.25) is 0 Å². The lowest BCUT2D eigenvalue weighted by Gasteiger charge is -2.26. The zero-order chi connectivity index (χ0) is 12.8. The molecule has 1 aromatic heterocycles. The molecule has 1 aromatic rings. The number of hydrogen-bond donors (Lipinski definition) is 1. The summed E-state index contributed by atoms with van der Waals surface area (Å²) in [6.45, 7) is 4.28. The molecule has 1 N–H and O–H groups in total. The molecule has 1 heterocycles. The van der Waals surface area contributed by atoms with Gasteiger partial charge in [-0.15, -0.1) is 0 Å². The van der Waals surface area contributed by atoms with Crippen LogP contribution in [0.4, 0.5) is 11.6 Å². The Hall–Kier alpha value is -0.970. The van der Waals surface area contributed by atoms with Crippen molar-refractivity contribution < 1.29 is 0 Å². The Labute approximate surface area is 108 Å². The van der Waals surface area contributed by atoms with E-state index in [4.69, 9.17) is 0 Å². The van der Waals surface area contributed by atoms with Crippen LogP contribution < -0.4 is 10.2 Å². The second-order valence-electron chi connectivity index (χ2n) is 4.05. The second-order valence-corrected chi connectivity index (χ2v) is 4.96. The maximum absolute atomic E-state index is 4.57. The van der Waals surface area contributed by atoms with E-state index in [1.807, 2.05) is 24.9 Å². The number of rotatable bonds is 6. The molecule has 17 heavy (non-hydrogen) atoms. The van der Waals surface area contributed by atoms with Gasteiger partial charge in [0.15, 0.2) is 0 Å². The fourth-order valence-corrected chi connectivity index (χ4v) is 2.23. The molecule has 4 nitrogen and oxygen atoms in total. The molecule has 0 spiro atoms. The number of nitrogens with one attached hydrogen (secondary N) is 1.